The van der Waals surface area contributed by atoms with E-state index in [0.717, 1.165) is 31.6 Å². The summed E-state index contributed by atoms with van der Waals surface area (Å²) >= 11 is 0. The van der Waals surface area contributed by atoms with Crippen molar-refractivity contribution in [2.24, 2.45) is 0 Å². The minimum atomic E-state index is -1.00. The Balaban J connectivity index is 1.98. The molecule has 0 aliphatic carbocycles. The Morgan fingerprint density at radius 3 is 3.21 bits per heavy atom. The maximum atomic E-state index is 10.5. The molecule has 1 atom stereocenters. The van der Waals surface area contributed by atoms with Crippen LogP contribution in [0.15, 0.2) is 6.07 Å². The van der Waals surface area contributed by atoms with E-state index in [-0.39, 0.29) is 11.8 Å². The van der Waals surface area contributed by atoms with Crippen molar-refractivity contribution < 1.29 is 14.6 Å². The number of aromatic amines is 1. The maximum absolute atomic E-state index is 10.5. The predicted molar refractivity (Wildman–Crippen MR) is 48.2 cm³/mol. The molecular formula is C9H12N2O3. The van der Waals surface area contributed by atoms with Gasteiger partial charge in [0.05, 0.1) is 6.10 Å². The van der Waals surface area contributed by atoms with Crippen LogP contribution in [0.4, 0.5) is 0 Å². The number of carboxylic acid groups (broad SMARTS) is 1. The number of carbonyl (C=O) groups is 1. The van der Waals surface area contributed by atoms with E-state index in [2.05, 4.69) is 10.2 Å². The Labute approximate surface area is 81.1 Å². The van der Waals surface area contributed by atoms with Gasteiger partial charge in [0.2, 0.25) is 0 Å². The zero-order valence-electron chi connectivity index (χ0n) is 7.69. The van der Waals surface area contributed by atoms with Crippen molar-refractivity contribution in [3.8, 4) is 0 Å². The van der Waals surface area contributed by atoms with Gasteiger partial charge < -0.3 is 9.84 Å². The number of H-pyrrole nitrogens is 1. The summed E-state index contributed by atoms with van der Waals surface area (Å²) in [7, 11) is 0. The SMILES string of the molecule is O=C(O)c1cc(CC2CCCO2)[nH]n1. The number of aromatic carboxylic acids is 1. The summed E-state index contributed by atoms with van der Waals surface area (Å²) in [5.41, 5.74) is 0.896. The first-order chi connectivity index (χ1) is 6.75. The largest absolute Gasteiger partial charge is 0.476 e. The summed E-state index contributed by atoms with van der Waals surface area (Å²) in [6, 6.07) is 1.56. The molecule has 1 unspecified atom stereocenters. The van der Waals surface area contributed by atoms with Crippen LogP contribution in [0.3, 0.4) is 0 Å². The monoisotopic (exact) mass is 196 g/mol. The number of hydrogen-bond acceptors (Lipinski definition) is 3. The fourth-order valence-electron chi connectivity index (χ4n) is 1.63. The molecule has 1 aliphatic rings. The van der Waals surface area contributed by atoms with Gasteiger partial charge in [0.15, 0.2) is 5.69 Å². The molecule has 5 nitrogen and oxygen atoms in total. The van der Waals surface area contributed by atoms with Gasteiger partial charge in [-0.1, -0.05) is 0 Å². The highest BCUT2D eigenvalue weighted by molar-refractivity contribution is 5.85. The number of nitrogens with one attached hydrogen (secondary N) is 1. The summed E-state index contributed by atoms with van der Waals surface area (Å²) in [5.74, 6) is -1.00. The third-order valence-corrected chi connectivity index (χ3v) is 2.32. The molecule has 14 heavy (non-hydrogen) atoms. The first-order valence-corrected chi connectivity index (χ1v) is 4.65. The van der Waals surface area contributed by atoms with Crippen LogP contribution in [0, 0.1) is 0 Å². The van der Waals surface area contributed by atoms with Crippen LogP contribution >= 0.6 is 0 Å². The number of aromatic nitrogens is 2. The third-order valence-electron chi connectivity index (χ3n) is 2.32. The van der Waals surface area contributed by atoms with E-state index in [4.69, 9.17) is 9.84 Å². The average Bonchev–Trinajstić information content (AvgIpc) is 2.75. The third kappa shape index (κ3) is 1.93. The van der Waals surface area contributed by atoms with Crippen molar-refractivity contribution in [3.63, 3.8) is 0 Å². The van der Waals surface area contributed by atoms with Crippen molar-refractivity contribution in [3.05, 3.63) is 17.5 Å². The molecule has 0 bridgehead atoms. The van der Waals surface area contributed by atoms with E-state index in [0.29, 0.717) is 0 Å². The summed E-state index contributed by atoms with van der Waals surface area (Å²) in [4.78, 5) is 10.5. The second kappa shape index (κ2) is 3.79. The highest BCUT2D eigenvalue weighted by Gasteiger charge is 2.17. The normalized spacial score (nSPS) is 21.3. The molecule has 1 fully saturated rings. The molecule has 0 spiro atoms. The van der Waals surface area contributed by atoms with E-state index >= 15 is 0 Å². The lowest BCUT2D eigenvalue weighted by Crippen LogP contribution is -2.08. The quantitative estimate of drug-likeness (QED) is 0.750. The van der Waals surface area contributed by atoms with Crippen LogP contribution in [0.25, 0.3) is 0 Å². The molecule has 1 aromatic heterocycles. The van der Waals surface area contributed by atoms with Gasteiger partial charge in [-0.2, -0.15) is 5.10 Å². The molecule has 0 saturated carbocycles. The van der Waals surface area contributed by atoms with Crippen molar-refractivity contribution >= 4 is 5.97 Å². The van der Waals surface area contributed by atoms with E-state index in [9.17, 15) is 4.79 Å². The summed E-state index contributed by atoms with van der Waals surface area (Å²) in [6.45, 7) is 0.810. The number of ether oxygens (including phenoxy) is 1. The van der Waals surface area contributed by atoms with Gasteiger partial charge in [-0.3, -0.25) is 5.10 Å². The van der Waals surface area contributed by atoms with Crippen LogP contribution < -0.4 is 0 Å². The van der Waals surface area contributed by atoms with E-state index in [1.54, 1.807) is 6.07 Å². The van der Waals surface area contributed by atoms with Crippen LogP contribution in [0.5, 0.6) is 0 Å². The first kappa shape index (κ1) is 9.21. The predicted octanol–water partition coefficient (Wildman–Crippen LogP) is 0.829. The summed E-state index contributed by atoms with van der Waals surface area (Å²) in [5, 5.41) is 15.0. The Bertz CT molecular complexity index is 329. The Hall–Kier alpha value is -1.36. The number of carboxylic acids is 1. The fraction of sp³-hybridized carbons (Fsp3) is 0.556. The second-order valence-electron chi connectivity index (χ2n) is 3.42. The minimum Gasteiger partial charge on any atom is -0.476 e. The van der Waals surface area contributed by atoms with Crippen LogP contribution in [-0.2, 0) is 11.2 Å². The Morgan fingerprint density at radius 2 is 2.64 bits per heavy atom. The van der Waals surface area contributed by atoms with Gasteiger partial charge in [-0.25, -0.2) is 4.79 Å². The van der Waals surface area contributed by atoms with Crippen molar-refractivity contribution in [2.45, 2.75) is 25.4 Å². The molecule has 0 amide bonds. The standard InChI is InChI=1S/C9H12N2O3/c12-9(13)8-5-6(10-11-8)4-7-2-1-3-14-7/h5,7H,1-4H2,(H,10,11)(H,12,13). The van der Waals surface area contributed by atoms with Crippen molar-refractivity contribution in [1.29, 1.82) is 0 Å². The van der Waals surface area contributed by atoms with Gasteiger partial charge >= 0.3 is 5.97 Å². The molecule has 1 saturated heterocycles. The molecule has 76 valence electrons. The fourth-order valence-corrected chi connectivity index (χ4v) is 1.63. The Kier molecular flexibility index (Phi) is 2.49. The second-order valence-corrected chi connectivity index (χ2v) is 3.42. The molecule has 0 aromatic carbocycles. The lowest BCUT2D eigenvalue weighted by molar-refractivity contribution is 0.0690. The molecule has 1 aliphatic heterocycles. The highest BCUT2D eigenvalue weighted by Crippen LogP contribution is 2.16. The maximum Gasteiger partial charge on any atom is 0.356 e. The van der Waals surface area contributed by atoms with E-state index in [1.807, 2.05) is 0 Å². The first-order valence-electron chi connectivity index (χ1n) is 4.65. The van der Waals surface area contributed by atoms with Crippen LogP contribution in [0.1, 0.15) is 29.0 Å². The summed E-state index contributed by atoms with van der Waals surface area (Å²) in [6.07, 6.45) is 3.07. The summed E-state index contributed by atoms with van der Waals surface area (Å²) < 4.78 is 5.43. The number of rotatable bonds is 3. The molecule has 2 rings (SSSR count). The number of nitrogens with zero attached hydrogens (tertiary/aromatic N) is 1. The van der Waals surface area contributed by atoms with Gasteiger partial charge in [-0.05, 0) is 18.9 Å². The van der Waals surface area contributed by atoms with E-state index in [1.165, 1.54) is 0 Å². The zero-order chi connectivity index (χ0) is 9.97. The molecular weight excluding hydrogens is 184 g/mol. The van der Waals surface area contributed by atoms with Gasteiger partial charge in [-0.15, -0.1) is 0 Å². The van der Waals surface area contributed by atoms with E-state index < -0.39 is 5.97 Å². The lowest BCUT2D eigenvalue weighted by atomic mass is 10.1. The topological polar surface area (TPSA) is 75.2 Å². The van der Waals surface area contributed by atoms with Crippen molar-refractivity contribution in [1.82, 2.24) is 10.2 Å². The Morgan fingerprint density at radius 1 is 1.79 bits per heavy atom. The minimum absolute atomic E-state index is 0.0676. The van der Waals surface area contributed by atoms with Gasteiger partial charge in [0.25, 0.3) is 0 Å². The van der Waals surface area contributed by atoms with Crippen molar-refractivity contribution in [2.75, 3.05) is 6.61 Å². The average molecular weight is 196 g/mol. The smallest absolute Gasteiger partial charge is 0.356 e. The van der Waals surface area contributed by atoms with Gasteiger partial charge in [0.1, 0.15) is 0 Å². The highest BCUT2D eigenvalue weighted by atomic mass is 16.5. The van der Waals surface area contributed by atoms with Gasteiger partial charge in [0, 0.05) is 18.7 Å². The molecule has 2 N–H and O–H groups in total. The lowest BCUT2D eigenvalue weighted by Gasteiger charge is -2.05. The van der Waals surface area contributed by atoms with Crippen LogP contribution in [-0.4, -0.2) is 34.0 Å². The molecule has 2 heterocycles. The molecule has 1 aromatic rings. The molecule has 5 heteroatoms. The van der Waals surface area contributed by atoms with Crippen LogP contribution in [0.2, 0.25) is 0 Å². The molecule has 0 radical (unpaired) electrons. The number of hydrogen-bond donors (Lipinski definition) is 2. The zero-order valence-corrected chi connectivity index (χ0v) is 7.69.